The fourth-order valence-corrected chi connectivity index (χ4v) is 5.70. The highest BCUT2D eigenvalue weighted by Crippen LogP contribution is 2.49. The molecule has 23 heteroatoms. The Morgan fingerprint density at radius 1 is 1.14 bits per heavy atom. The van der Waals surface area contributed by atoms with E-state index in [4.69, 9.17) is 29.4 Å². The lowest BCUT2D eigenvalue weighted by Crippen LogP contribution is -2.39. The number of hydrogen-bond donors (Lipinski definition) is 9. The van der Waals surface area contributed by atoms with Gasteiger partial charge in [0.2, 0.25) is 5.95 Å². The summed E-state index contributed by atoms with van der Waals surface area (Å²) in [6.07, 6.45) is -10.8. The molecule has 0 saturated carbocycles. The summed E-state index contributed by atoms with van der Waals surface area (Å²) in [5.41, 5.74) is 4.17. The molecule has 0 aromatic carbocycles. The molecule has 10 N–H and O–H groups in total. The maximum absolute atomic E-state index is 12.8. The molecule has 1 unspecified atom stereocenters. The van der Waals surface area contributed by atoms with Gasteiger partial charge < -0.3 is 51.0 Å². The standard InChI is InChI=1S/C21H27N8O14P/c22-16-11-17(25-6-24-16)29(20(27-11)23-3-10(32)33)19-13(35)12(34)8(42-19)5-40-44(38,39)43-15-7(4-30)41-18(14(15)36)28-2-1-9(31)26-21(28)37/h1-2,6-8,12-15,18-19,30,34-36H,3-5H2,(H,23,27)(H,32,33)(H,38,39)(H2,22,24,25)(H,26,31,37)/t7-,8-,12-,13-,14-,15-,18-,19-/m1/s1. The smallest absolute Gasteiger partial charge is 0.472 e. The van der Waals surface area contributed by atoms with Crippen LogP contribution in [0.4, 0.5) is 11.8 Å². The van der Waals surface area contributed by atoms with Gasteiger partial charge in [0.05, 0.1) is 13.2 Å². The van der Waals surface area contributed by atoms with Crippen molar-refractivity contribution >= 4 is 36.7 Å². The molecule has 0 amide bonds. The first-order valence-corrected chi connectivity index (χ1v) is 14.2. The van der Waals surface area contributed by atoms with Crippen molar-refractivity contribution in [2.75, 3.05) is 30.8 Å². The van der Waals surface area contributed by atoms with E-state index in [-0.39, 0.29) is 22.9 Å². The number of carboxylic acid groups (broad SMARTS) is 1. The Hall–Kier alpha value is -3.83. The van der Waals surface area contributed by atoms with Crippen molar-refractivity contribution in [1.82, 2.24) is 29.1 Å². The quantitative estimate of drug-likeness (QED) is 0.0892. The summed E-state index contributed by atoms with van der Waals surface area (Å²) < 4.78 is 35.8. The molecule has 2 aliphatic heterocycles. The molecule has 3 aromatic rings. The van der Waals surface area contributed by atoms with Crippen LogP contribution < -0.4 is 22.3 Å². The first-order chi connectivity index (χ1) is 20.8. The van der Waals surface area contributed by atoms with E-state index < -0.39 is 93.9 Å². The Morgan fingerprint density at radius 3 is 2.55 bits per heavy atom. The third-order valence-electron chi connectivity index (χ3n) is 6.77. The van der Waals surface area contributed by atoms with Gasteiger partial charge >= 0.3 is 19.5 Å². The van der Waals surface area contributed by atoms with E-state index in [0.717, 1.165) is 27.7 Å². The molecule has 0 bridgehead atoms. The van der Waals surface area contributed by atoms with Crippen LogP contribution in [0, 0.1) is 0 Å². The number of nitrogens with two attached hydrogens (primary N) is 1. The van der Waals surface area contributed by atoms with Gasteiger partial charge in [-0.2, -0.15) is 0 Å². The van der Waals surface area contributed by atoms with Crippen LogP contribution in [0.3, 0.4) is 0 Å². The number of H-pyrrole nitrogens is 1. The third kappa shape index (κ3) is 6.08. The number of phosphoric acid groups is 1. The summed E-state index contributed by atoms with van der Waals surface area (Å²) in [4.78, 5) is 58.9. The topological polar surface area (TPSA) is 329 Å². The van der Waals surface area contributed by atoms with Crippen molar-refractivity contribution in [1.29, 1.82) is 0 Å². The van der Waals surface area contributed by atoms with Gasteiger partial charge in [0.1, 0.15) is 49.5 Å². The molecular formula is C21H27N8O14P. The molecule has 2 aliphatic rings. The lowest BCUT2D eigenvalue weighted by atomic mass is 10.1. The highest BCUT2D eigenvalue weighted by molar-refractivity contribution is 7.47. The molecule has 3 aromatic heterocycles. The number of carboxylic acids is 1. The second-order valence-corrected chi connectivity index (χ2v) is 11.0. The van der Waals surface area contributed by atoms with Gasteiger partial charge in [0, 0.05) is 12.3 Å². The molecule has 0 spiro atoms. The summed E-state index contributed by atoms with van der Waals surface area (Å²) in [7, 11) is -5.13. The molecule has 5 heterocycles. The third-order valence-corrected chi connectivity index (χ3v) is 7.75. The molecule has 9 atom stereocenters. The average Bonchev–Trinajstić information content (AvgIpc) is 3.58. The molecular weight excluding hydrogens is 619 g/mol. The van der Waals surface area contributed by atoms with E-state index in [1.807, 2.05) is 4.98 Å². The van der Waals surface area contributed by atoms with E-state index in [2.05, 4.69) is 20.3 Å². The number of nitrogens with one attached hydrogen (secondary N) is 2. The maximum atomic E-state index is 12.8. The van der Waals surface area contributed by atoms with Crippen LogP contribution in [0.2, 0.25) is 0 Å². The zero-order valence-corrected chi connectivity index (χ0v) is 23.1. The van der Waals surface area contributed by atoms with Gasteiger partial charge in [-0.1, -0.05) is 0 Å². The lowest BCUT2D eigenvalue weighted by molar-refractivity contribution is -0.134. The van der Waals surface area contributed by atoms with Crippen LogP contribution in [-0.4, -0.2) is 122 Å². The zero-order valence-electron chi connectivity index (χ0n) is 22.2. The number of rotatable bonds is 11. The average molecular weight is 646 g/mol. The Labute approximate surface area is 243 Å². The number of imidazole rings is 1. The molecule has 44 heavy (non-hydrogen) atoms. The van der Waals surface area contributed by atoms with Crippen molar-refractivity contribution in [2.45, 2.75) is 49.1 Å². The lowest BCUT2D eigenvalue weighted by Gasteiger charge is -2.23. The van der Waals surface area contributed by atoms with Crippen molar-refractivity contribution in [3.8, 4) is 0 Å². The zero-order chi connectivity index (χ0) is 31.9. The molecule has 22 nitrogen and oxygen atoms in total. The summed E-state index contributed by atoms with van der Waals surface area (Å²) in [6, 6.07) is 0.966. The van der Waals surface area contributed by atoms with Crippen molar-refractivity contribution in [3.05, 3.63) is 39.4 Å². The number of aliphatic hydroxyl groups excluding tert-OH is 4. The number of hydrogen-bond acceptors (Lipinski definition) is 17. The fraction of sp³-hybridized carbons (Fsp3) is 0.524. The minimum atomic E-state index is -5.13. The van der Waals surface area contributed by atoms with Gasteiger partial charge in [-0.05, 0) is 0 Å². The summed E-state index contributed by atoms with van der Waals surface area (Å²) in [5, 5.41) is 53.4. The normalized spacial score (nSPS) is 30.0. The number of carbonyl (C=O) groups is 1. The minimum absolute atomic E-state index is 0.000730. The predicted octanol–water partition coefficient (Wildman–Crippen LogP) is -4.17. The highest BCUT2D eigenvalue weighted by Gasteiger charge is 2.50. The number of aromatic nitrogens is 6. The Bertz CT molecular complexity index is 1700. The number of ether oxygens (including phenoxy) is 2. The van der Waals surface area contributed by atoms with E-state index in [1.165, 1.54) is 0 Å². The number of nitrogen functional groups attached to an aromatic ring is 1. The molecule has 0 radical (unpaired) electrons. The summed E-state index contributed by atoms with van der Waals surface area (Å²) in [5.74, 6) is -1.49. The van der Waals surface area contributed by atoms with Crippen LogP contribution in [0.15, 0.2) is 28.2 Å². The van der Waals surface area contributed by atoms with Crippen LogP contribution in [0.1, 0.15) is 12.5 Å². The number of aliphatic hydroxyl groups is 4. The van der Waals surface area contributed by atoms with E-state index in [0.29, 0.717) is 0 Å². The van der Waals surface area contributed by atoms with Gasteiger partial charge in [-0.25, -0.2) is 24.3 Å². The van der Waals surface area contributed by atoms with Crippen LogP contribution in [0.25, 0.3) is 11.2 Å². The number of fused-ring (bicyclic) bond motifs is 1. The fourth-order valence-electron chi connectivity index (χ4n) is 4.73. The Balaban J connectivity index is 1.30. The number of aliphatic carboxylic acids is 1. The SMILES string of the molecule is Nc1ncnc2c1nc(NCC(=O)O)n2[C@@H]1O[C@H](COP(=O)(O)O[C@H]2[C@@H](O)[C@H](n3ccc(=O)[nH]c3=O)O[C@@H]2CO)[C@@H](O)[C@H]1O. The first-order valence-electron chi connectivity index (χ1n) is 12.7. The Morgan fingerprint density at radius 2 is 1.86 bits per heavy atom. The molecule has 2 fully saturated rings. The molecule has 240 valence electrons. The first kappa shape index (κ1) is 31.6. The maximum Gasteiger partial charge on any atom is 0.472 e. The number of aromatic amines is 1. The second kappa shape index (κ2) is 12.3. The van der Waals surface area contributed by atoms with E-state index in [1.54, 1.807) is 0 Å². The van der Waals surface area contributed by atoms with Crippen LogP contribution in [0.5, 0.6) is 0 Å². The summed E-state index contributed by atoms with van der Waals surface area (Å²) >= 11 is 0. The monoisotopic (exact) mass is 646 g/mol. The van der Waals surface area contributed by atoms with E-state index >= 15 is 0 Å². The van der Waals surface area contributed by atoms with Crippen molar-refractivity contribution in [3.63, 3.8) is 0 Å². The largest absolute Gasteiger partial charge is 0.480 e. The van der Waals surface area contributed by atoms with Crippen molar-refractivity contribution in [2.24, 2.45) is 0 Å². The van der Waals surface area contributed by atoms with Gasteiger partial charge in [-0.15, -0.1) is 0 Å². The number of nitrogens with zero attached hydrogens (tertiary/aromatic N) is 5. The van der Waals surface area contributed by atoms with Gasteiger partial charge in [0.15, 0.2) is 29.4 Å². The molecule has 5 rings (SSSR count). The highest BCUT2D eigenvalue weighted by atomic mass is 31.2. The van der Waals surface area contributed by atoms with Crippen LogP contribution >= 0.6 is 7.82 Å². The summed E-state index contributed by atoms with van der Waals surface area (Å²) in [6.45, 7) is -2.29. The molecule has 0 aliphatic carbocycles. The predicted molar refractivity (Wildman–Crippen MR) is 141 cm³/mol. The second-order valence-electron chi connectivity index (χ2n) is 9.62. The van der Waals surface area contributed by atoms with Gasteiger partial charge in [-0.3, -0.25) is 32.8 Å². The van der Waals surface area contributed by atoms with E-state index in [9.17, 15) is 44.3 Å². The minimum Gasteiger partial charge on any atom is -0.480 e. The Kier molecular flexibility index (Phi) is 8.82. The van der Waals surface area contributed by atoms with Gasteiger partial charge in [0.25, 0.3) is 5.56 Å². The van der Waals surface area contributed by atoms with Crippen LogP contribution in [-0.2, 0) is 27.9 Å². The number of phosphoric ester groups is 1. The number of anilines is 2. The van der Waals surface area contributed by atoms with Crippen molar-refractivity contribution < 1.29 is 58.3 Å². The molecule has 2 saturated heterocycles.